The molecule has 1 aliphatic rings. The Hall–Kier alpha value is -2.20. The Kier molecular flexibility index (Phi) is 5.46. The second-order valence-corrected chi connectivity index (χ2v) is 4.68. The summed E-state index contributed by atoms with van der Waals surface area (Å²) >= 11 is 0. The Balaban J connectivity index is 1.95. The predicted octanol–water partition coefficient (Wildman–Crippen LogP) is 0.755. The van der Waals surface area contributed by atoms with Gasteiger partial charge in [-0.25, -0.2) is 9.97 Å². The summed E-state index contributed by atoms with van der Waals surface area (Å²) in [6.45, 7) is 3.65. The van der Waals surface area contributed by atoms with Crippen molar-refractivity contribution in [2.75, 3.05) is 26.3 Å². The lowest BCUT2D eigenvalue weighted by Crippen LogP contribution is -2.45. The largest absolute Gasteiger partial charge is 0.470 e. The molecule has 0 saturated carbocycles. The molecule has 0 spiro atoms. The minimum atomic E-state index is -0.173. The van der Waals surface area contributed by atoms with Gasteiger partial charge in [0.25, 0.3) is 5.88 Å². The number of hydrogen-bond acceptors (Lipinski definition) is 6. The molecule has 1 unspecified atom stereocenters. The molecular weight excluding hydrogens is 272 g/mol. The monoisotopic (exact) mass is 290 g/mol. The maximum Gasteiger partial charge on any atom is 0.251 e. The van der Waals surface area contributed by atoms with Crippen molar-refractivity contribution in [2.24, 2.45) is 0 Å². The van der Waals surface area contributed by atoms with Crippen molar-refractivity contribution in [3.63, 3.8) is 0 Å². The molecule has 1 fully saturated rings. The van der Waals surface area contributed by atoms with Gasteiger partial charge in [-0.15, -0.1) is 0 Å². The van der Waals surface area contributed by atoms with Crippen molar-refractivity contribution in [2.45, 2.75) is 25.9 Å². The summed E-state index contributed by atoms with van der Waals surface area (Å²) < 4.78 is 10.9. The second-order valence-electron chi connectivity index (χ2n) is 4.68. The highest BCUT2D eigenvalue weighted by atomic mass is 16.5. The smallest absolute Gasteiger partial charge is 0.251 e. The third-order valence-corrected chi connectivity index (χ3v) is 3.21. The lowest BCUT2D eigenvalue weighted by molar-refractivity contribution is -0.138. The third-order valence-electron chi connectivity index (χ3n) is 3.21. The molecule has 0 radical (unpaired) electrons. The lowest BCUT2D eigenvalue weighted by atomic mass is 10.1. The molecule has 1 atom stereocenters. The molecule has 0 bridgehead atoms. The number of amides is 1. The van der Waals surface area contributed by atoms with Crippen molar-refractivity contribution >= 4 is 5.91 Å². The van der Waals surface area contributed by atoms with Crippen LogP contribution in [0.15, 0.2) is 12.4 Å². The van der Waals surface area contributed by atoms with Crippen LogP contribution in [0.2, 0.25) is 0 Å². The van der Waals surface area contributed by atoms with Crippen molar-refractivity contribution in [3.8, 4) is 11.9 Å². The van der Waals surface area contributed by atoms with Gasteiger partial charge in [-0.2, -0.15) is 5.26 Å². The molecule has 112 valence electrons. The SMILES string of the molecule is CCOCC(=O)N1CCCC(Oc2nccnc2C#N)C1. The highest BCUT2D eigenvalue weighted by Crippen LogP contribution is 2.18. The molecule has 21 heavy (non-hydrogen) atoms. The van der Waals surface area contributed by atoms with E-state index in [1.54, 1.807) is 4.90 Å². The van der Waals surface area contributed by atoms with Crippen LogP contribution >= 0.6 is 0 Å². The Bertz CT molecular complexity index is 529. The fourth-order valence-corrected chi connectivity index (χ4v) is 2.19. The standard InChI is InChI=1S/C14H18N4O3/c1-2-20-10-13(19)18-7-3-4-11(9-18)21-14-12(8-15)16-5-6-17-14/h5-6,11H,2-4,7,9-10H2,1H3. The van der Waals surface area contributed by atoms with E-state index in [0.29, 0.717) is 19.7 Å². The number of nitriles is 1. The Labute approximate surface area is 123 Å². The van der Waals surface area contributed by atoms with Crippen molar-refractivity contribution in [1.82, 2.24) is 14.9 Å². The molecule has 7 heteroatoms. The maximum atomic E-state index is 11.9. The number of hydrogen-bond donors (Lipinski definition) is 0. The summed E-state index contributed by atoms with van der Waals surface area (Å²) in [6, 6.07) is 1.95. The first-order valence-electron chi connectivity index (χ1n) is 6.98. The topological polar surface area (TPSA) is 88.3 Å². The highest BCUT2D eigenvalue weighted by Gasteiger charge is 2.25. The van der Waals surface area contributed by atoms with Gasteiger partial charge in [0.15, 0.2) is 0 Å². The molecule has 0 aliphatic carbocycles. The second kappa shape index (κ2) is 7.55. The number of carbonyl (C=O) groups excluding carboxylic acids is 1. The van der Waals surface area contributed by atoms with Gasteiger partial charge in [0, 0.05) is 25.5 Å². The number of rotatable bonds is 5. The molecule has 0 aromatic carbocycles. The van der Waals surface area contributed by atoms with Crippen molar-refractivity contribution in [3.05, 3.63) is 18.1 Å². The molecule has 2 heterocycles. The van der Waals surface area contributed by atoms with Crippen LogP contribution in [0.3, 0.4) is 0 Å². The zero-order valence-corrected chi connectivity index (χ0v) is 12.0. The third kappa shape index (κ3) is 4.13. The fraction of sp³-hybridized carbons (Fsp3) is 0.571. The molecule has 0 N–H and O–H groups in total. The van der Waals surface area contributed by atoms with E-state index in [1.165, 1.54) is 12.4 Å². The first-order chi connectivity index (χ1) is 10.2. The number of aromatic nitrogens is 2. The van der Waals surface area contributed by atoms with Crippen molar-refractivity contribution < 1.29 is 14.3 Å². The minimum Gasteiger partial charge on any atom is -0.470 e. The minimum absolute atomic E-state index is 0.0372. The molecule has 1 aliphatic heterocycles. The molecule has 1 amide bonds. The van der Waals surface area contributed by atoms with Crippen LogP contribution in [0.4, 0.5) is 0 Å². The van der Waals surface area contributed by atoms with E-state index in [9.17, 15) is 4.79 Å². The molecule has 7 nitrogen and oxygen atoms in total. The summed E-state index contributed by atoms with van der Waals surface area (Å²) in [7, 11) is 0. The Morgan fingerprint density at radius 2 is 2.33 bits per heavy atom. The number of ether oxygens (including phenoxy) is 2. The van der Waals surface area contributed by atoms with Crippen LogP contribution in [-0.2, 0) is 9.53 Å². The van der Waals surface area contributed by atoms with E-state index in [2.05, 4.69) is 9.97 Å². The first kappa shape index (κ1) is 15.2. The summed E-state index contributed by atoms with van der Waals surface area (Å²) in [6.07, 6.45) is 4.43. The van der Waals surface area contributed by atoms with Crippen LogP contribution in [-0.4, -0.2) is 53.2 Å². The Morgan fingerprint density at radius 1 is 1.52 bits per heavy atom. The van der Waals surface area contributed by atoms with Gasteiger partial charge < -0.3 is 14.4 Å². The van der Waals surface area contributed by atoms with Gasteiger partial charge in [0.05, 0.1) is 6.54 Å². The number of carbonyl (C=O) groups is 1. The molecule has 1 aromatic rings. The first-order valence-corrected chi connectivity index (χ1v) is 6.98. The number of piperidine rings is 1. The molecule has 1 saturated heterocycles. The fourth-order valence-electron chi connectivity index (χ4n) is 2.19. The van der Waals surface area contributed by atoms with E-state index in [4.69, 9.17) is 14.7 Å². The highest BCUT2D eigenvalue weighted by molar-refractivity contribution is 5.77. The Morgan fingerprint density at radius 3 is 3.10 bits per heavy atom. The van der Waals surface area contributed by atoms with Crippen LogP contribution in [0.1, 0.15) is 25.5 Å². The normalized spacial score (nSPS) is 18.1. The van der Waals surface area contributed by atoms with Gasteiger partial charge in [0.2, 0.25) is 11.6 Å². The van der Waals surface area contributed by atoms with Gasteiger partial charge in [0.1, 0.15) is 18.8 Å². The zero-order valence-electron chi connectivity index (χ0n) is 12.0. The van der Waals surface area contributed by atoms with Gasteiger partial charge in [-0.05, 0) is 19.8 Å². The number of likely N-dealkylation sites (tertiary alicyclic amines) is 1. The summed E-state index contributed by atoms with van der Waals surface area (Å²) in [5.74, 6) is 0.189. The zero-order chi connectivity index (χ0) is 15.1. The molecule has 2 rings (SSSR count). The molecule has 1 aromatic heterocycles. The van der Waals surface area contributed by atoms with Crippen molar-refractivity contribution in [1.29, 1.82) is 5.26 Å². The van der Waals surface area contributed by atoms with Gasteiger partial charge in [-0.3, -0.25) is 4.79 Å². The van der Waals surface area contributed by atoms with E-state index >= 15 is 0 Å². The maximum absolute atomic E-state index is 11.9. The van der Waals surface area contributed by atoms with E-state index in [1.807, 2.05) is 13.0 Å². The van der Waals surface area contributed by atoms with Crippen LogP contribution in [0.5, 0.6) is 5.88 Å². The van der Waals surface area contributed by atoms with Crippen LogP contribution in [0.25, 0.3) is 0 Å². The van der Waals surface area contributed by atoms with E-state index in [0.717, 1.165) is 12.8 Å². The van der Waals surface area contributed by atoms with Crippen LogP contribution in [0, 0.1) is 11.3 Å². The lowest BCUT2D eigenvalue weighted by Gasteiger charge is -2.32. The van der Waals surface area contributed by atoms with Crippen LogP contribution < -0.4 is 4.74 Å². The van der Waals surface area contributed by atoms with Gasteiger partial charge in [-0.1, -0.05) is 0 Å². The van der Waals surface area contributed by atoms with E-state index in [-0.39, 0.29) is 30.2 Å². The average molecular weight is 290 g/mol. The molecular formula is C14H18N4O3. The van der Waals surface area contributed by atoms with E-state index < -0.39 is 0 Å². The quantitative estimate of drug-likeness (QED) is 0.795. The van der Waals surface area contributed by atoms with Gasteiger partial charge >= 0.3 is 0 Å². The average Bonchev–Trinajstić information content (AvgIpc) is 2.53. The number of nitrogens with zero attached hydrogens (tertiary/aromatic N) is 4. The summed E-state index contributed by atoms with van der Waals surface area (Å²) in [5, 5.41) is 8.97. The summed E-state index contributed by atoms with van der Waals surface area (Å²) in [5.41, 5.74) is 0.162. The summed E-state index contributed by atoms with van der Waals surface area (Å²) in [4.78, 5) is 21.6. The predicted molar refractivity (Wildman–Crippen MR) is 73.5 cm³/mol.